The number of nitrogens with one attached hydrogen (secondary N) is 1. The second-order valence-corrected chi connectivity index (χ2v) is 8.75. The molecule has 3 aromatic rings. The molecule has 0 atom stereocenters. The number of hydrogen-bond donors (Lipinski definition) is 1. The number of furan rings is 1. The molecule has 0 fully saturated rings. The number of fused-ring (bicyclic) bond motifs is 1. The summed E-state index contributed by atoms with van der Waals surface area (Å²) in [5, 5.41) is 3.96. The summed E-state index contributed by atoms with van der Waals surface area (Å²) >= 11 is 3.44. The average Bonchev–Trinajstić information content (AvgIpc) is 3.30. The average molecular weight is 397 g/mol. The van der Waals surface area contributed by atoms with Gasteiger partial charge >= 0.3 is 0 Å². The van der Waals surface area contributed by atoms with Crippen molar-refractivity contribution in [3.63, 3.8) is 0 Å². The first-order chi connectivity index (χ1) is 13.1. The number of rotatable bonds is 4. The molecule has 2 aromatic carbocycles. The van der Waals surface area contributed by atoms with E-state index < -0.39 is 0 Å². The van der Waals surface area contributed by atoms with E-state index in [-0.39, 0.29) is 5.91 Å². The van der Waals surface area contributed by atoms with Crippen molar-refractivity contribution in [1.82, 2.24) is 0 Å². The van der Waals surface area contributed by atoms with Crippen LogP contribution in [0.5, 0.6) is 0 Å². The highest BCUT2D eigenvalue weighted by molar-refractivity contribution is 8.38. The molecule has 138 valence electrons. The fraction of sp³-hybridized carbons (Fsp3) is 0.238. The zero-order chi connectivity index (χ0) is 18.8. The van der Waals surface area contributed by atoms with E-state index in [4.69, 9.17) is 4.42 Å². The number of para-hydroxylation sites is 1. The summed E-state index contributed by atoms with van der Waals surface area (Å²) in [6, 6.07) is 13.7. The summed E-state index contributed by atoms with van der Waals surface area (Å²) in [5.74, 6) is 1.87. The van der Waals surface area contributed by atoms with Crippen LogP contribution in [0.1, 0.15) is 27.2 Å². The predicted octanol–water partition coefficient (Wildman–Crippen LogP) is 5.64. The third-order valence-electron chi connectivity index (χ3n) is 4.57. The maximum atomic E-state index is 12.9. The van der Waals surface area contributed by atoms with Gasteiger partial charge in [0.25, 0.3) is 5.91 Å². The number of benzene rings is 2. The van der Waals surface area contributed by atoms with E-state index in [1.807, 2.05) is 49.4 Å². The number of carbonyl (C=O) groups is 1. The lowest BCUT2D eigenvalue weighted by Crippen LogP contribution is -2.13. The van der Waals surface area contributed by atoms with Crippen molar-refractivity contribution in [1.29, 1.82) is 0 Å². The zero-order valence-electron chi connectivity index (χ0n) is 15.2. The number of aliphatic imine (C=N–C) groups is 1. The predicted molar refractivity (Wildman–Crippen MR) is 116 cm³/mol. The van der Waals surface area contributed by atoms with Crippen LogP contribution in [0.4, 0.5) is 5.69 Å². The zero-order valence-corrected chi connectivity index (χ0v) is 16.9. The molecule has 1 aliphatic heterocycles. The van der Waals surface area contributed by atoms with E-state index in [1.165, 1.54) is 5.56 Å². The first-order valence-electron chi connectivity index (χ1n) is 8.81. The molecule has 1 N–H and O–H groups in total. The van der Waals surface area contributed by atoms with E-state index in [0.717, 1.165) is 44.5 Å². The van der Waals surface area contributed by atoms with Crippen molar-refractivity contribution in [2.24, 2.45) is 4.99 Å². The van der Waals surface area contributed by atoms with Crippen LogP contribution in [-0.2, 0) is 5.75 Å². The van der Waals surface area contributed by atoms with Gasteiger partial charge in [-0.1, -0.05) is 47.8 Å². The third kappa shape index (κ3) is 3.92. The summed E-state index contributed by atoms with van der Waals surface area (Å²) in [7, 11) is 0. The normalized spacial score (nSPS) is 13.8. The van der Waals surface area contributed by atoms with Gasteiger partial charge in [-0.15, -0.1) is 0 Å². The lowest BCUT2D eigenvalue weighted by molar-refractivity contribution is 0.0998. The van der Waals surface area contributed by atoms with Crippen LogP contribution in [0.15, 0.2) is 51.9 Å². The van der Waals surface area contributed by atoms with Gasteiger partial charge < -0.3 is 9.73 Å². The minimum atomic E-state index is -0.217. The van der Waals surface area contributed by atoms with E-state index in [1.54, 1.807) is 23.5 Å². The monoisotopic (exact) mass is 396 g/mol. The van der Waals surface area contributed by atoms with E-state index >= 15 is 0 Å². The molecular formula is C21H20N2O2S2. The molecule has 1 aliphatic rings. The highest BCUT2D eigenvalue weighted by atomic mass is 32.2. The Morgan fingerprint density at radius 2 is 2.07 bits per heavy atom. The van der Waals surface area contributed by atoms with Crippen LogP contribution >= 0.6 is 23.5 Å². The number of amides is 1. The highest BCUT2D eigenvalue weighted by Crippen LogP contribution is 2.33. The maximum Gasteiger partial charge on any atom is 0.291 e. The Labute approximate surface area is 166 Å². The minimum Gasteiger partial charge on any atom is -0.451 e. The number of hydrogen-bond acceptors (Lipinski definition) is 5. The van der Waals surface area contributed by atoms with Crippen molar-refractivity contribution < 1.29 is 9.21 Å². The van der Waals surface area contributed by atoms with Crippen molar-refractivity contribution in [2.45, 2.75) is 19.6 Å². The van der Waals surface area contributed by atoms with Crippen LogP contribution in [0.25, 0.3) is 11.0 Å². The molecule has 4 nitrogen and oxygen atoms in total. The summed E-state index contributed by atoms with van der Waals surface area (Å²) in [5.41, 5.74) is 4.78. The van der Waals surface area contributed by atoms with Crippen LogP contribution in [-0.4, -0.2) is 22.6 Å². The maximum absolute atomic E-state index is 12.9. The van der Waals surface area contributed by atoms with Crippen LogP contribution in [0.2, 0.25) is 0 Å². The molecule has 0 saturated heterocycles. The van der Waals surface area contributed by atoms with Gasteiger partial charge in [0, 0.05) is 28.1 Å². The first kappa shape index (κ1) is 18.2. The first-order valence-corrected chi connectivity index (χ1v) is 10.8. The summed E-state index contributed by atoms with van der Waals surface area (Å²) < 4.78 is 7.01. The topological polar surface area (TPSA) is 54.6 Å². The number of carbonyl (C=O) groups excluding carboxylic acids is 1. The number of aryl methyl sites for hydroxylation is 2. The van der Waals surface area contributed by atoms with Crippen molar-refractivity contribution in [3.05, 3.63) is 64.9 Å². The van der Waals surface area contributed by atoms with Gasteiger partial charge in [-0.05, 0) is 43.2 Å². The van der Waals surface area contributed by atoms with Gasteiger partial charge in [-0.3, -0.25) is 9.79 Å². The largest absolute Gasteiger partial charge is 0.451 e. The summed E-state index contributed by atoms with van der Waals surface area (Å²) in [6.45, 7) is 4.97. The summed E-state index contributed by atoms with van der Waals surface area (Å²) in [6.07, 6.45) is 0. The van der Waals surface area contributed by atoms with Crippen molar-refractivity contribution >= 4 is 50.5 Å². The number of anilines is 1. The van der Waals surface area contributed by atoms with Crippen molar-refractivity contribution in [3.8, 4) is 0 Å². The number of thioether (sulfide) groups is 2. The standard InChI is InChI=1S/C21H20N2O2S2/c1-13-7-8-15(11-14(13)2)23-20(24)19-17(12-27-21-22-9-10-26-21)16-5-3-4-6-18(16)25-19/h3-8,11H,9-10,12H2,1-2H3,(H,23,24). The van der Waals surface area contributed by atoms with Gasteiger partial charge in [0.15, 0.2) is 5.76 Å². The fourth-order valence-electron chi connectivity index (χ4n) is 2.97. The Hall–Kier alpha value is -2.18. The third-order valence-corrected chi connectivity index (χ3v) is 6.85. The number of nitrogens with zero attached hydrogens (tertiary/aromatic N) is 1. The summed E-state index contributed by atoms with van der Waals surface area (Å²) in [4.78, 5) is 17.4. The van der Waals surface area contributed by atoms with E-state index in [0.29, 0.717) is 11.5 Å². The Kier molecular flexibility index (Phi) is 5.27. The van der Waals surface area contributed by atoms with Gasteiger partial charge in [0.2, 0.25) is 0 Å². The molecule has 6 heteroatoms. The molecule has 1 aromatic heterocycles. The Morgan fingerprint density at radius 1 is 1.22 bits per heavy atom. The molecule has 0 saturated carbocycles. The quantitative estimate of drug-likeness (QED) is 0.620. The minimum absolute atomic E-state index is 0.217. The molecule has 0 aliphatic carbocycles. The van der Waals surface area contributed by atoms with Crippen molar-refractivity contribution in [2.75, 3.05) is 17.6 Å². The van der Waals surface area contributed by atoms with Gasteiger partial charge in [-0.25, -0.2) is 0 Å². The molecule has 1 amide bonds. The fourth-order valence-corrected chi connectivity index (χ4v) is 5.01. The van der Waals surface area contributed by atoms with Gasteiger partial charge in [0.1, 0.15) is 9.96 Å². The smallest absolute Gasteiger partial charge is 0.291 e. The lowest BCUT2D eigenvalue weighted by atomic mass is 10.1. The SMILES string of the molecule is Cc1ccc(NC(=O)c2oc3ccccc3c2CSC2=NCCS2)cc1C. The van der Waals surface area contributed by atoms with E-state index in [2.05, 4.69) is 17.2 Å². The van der Waals surface area contributed by atoms with E-state index in [9.17, 15) is 4.79 Å². The Morgan fingerprint density at radius 3 is 2.85 bits per heavy atom. The van der Waals surface area contributed by atoms with Crippen LogP contribution in [0.3, 0.4) is 0 Å². The van der Waals surface area contributed by atoms with Crippen LogP contribution in [0, 0.1) is 13.8 Å². The highest BCUT2D eigenvalue weighted by Gasteiger charge is 2.22. The molecule has 4 rings (SSSR count). The van der Waals surface area contributed by atoms with Gasteiger partial charge in [0.05, 0.1) is 6.54 Å². The molecular weight excluding hydrogens is 376 g/mol. The molecule has 0 unspecified atom stereocenters. The molecule has 0 bridgehead atoms. The second kappa shape index (κ2) is 7.82. The molecule has 0 spiro atoms. The lowest BCUT2D eigenvalue weighted by Gasteiger charge is -2.08. The van der Waals surface area contributed by atoms with Gasteiger partial charge in [-0.2, -0.15) is 0 Å². The molecule has 27 heavy (non-hydrogen) atoms. The molecule has 0 radical (unpaired) electrons. The second-order valence-electron chi connectivity index (χ2n) is 6.44. The Balaban J connectivity index is 1.63. The molecule has 2 heterocycles. The Bertz CT molecular complexity index is 1040. The van der Waals surface area contributed by atoms with Crippen LogP contribution < -0.4 is 5.32 Å².